The van der Waals surface area contributed by atoms with E-state index in [0.29, 0.717) is 10.6 Å². The highest BCUT2D eigenvalue weighted by Crippen LogP contribution is 2.18. The van der Waals surface area contributed by atoms with Gasteiger partial charge < -0.3 is 0 Å². The number of ketones is 1. The number of halogens is 2. The van der Waals surface area contributed by atoms with Gasteiger partial charge >= 0.3 is 0 Å². The number of pyridine rings is 1. The average Bonchev–Trinajstić information content (AvgIpc) is 2.32. The smallest absolute Gasteiger partial charge is 0.170 e. The fourth-order valence-corrected chi connectivity index (χ4v) is 1.71. The van der Waals surface area contributed by atoms with E-state index in [1.54, 1.807) is 24.3 Å². The summed E-state index contributed by atoms with van der Waals surface area (Å²) in [6.45, 7) is 0. The first-order chi connectivity index (χ1) is 8.18. The molecule has 0 fully saturated rings. The molecule has 4 heteroatoms. The Morgan fingerprint density at radius 1 is 1.29 bits per heavy atom. The molecular weight excluding hydrogens is 241 g/mol. The third-order valence-electron chi connectivity index (χ3n) is 2.38. The van der Waals surface area contributed by atoms with Gasteiger partial charge in [-0.05, 0) is 17.7 Å². The Hall–Kier alpha value is -1.74. The van der Waals surface area contributed by atoms with Crippen molar-refractivity contribution in [1.82, 2.24) is 4.98 Å². The standard InChI is InChI=1S/C13H9ClFNO/c14-11-4-2-1-3-9(11)7-13(17)10-5-6-16-8-12(10)15/h1-6,8H,7H2. The first kappa shape index (κ1) is 11.7. The number of Topliss-reactive ketones (excluding diaryl/α,β-unsaturated/α-hetero) is 1. The van der Waals surface area contributed by atoms with Crippen molar-refractivity contribution in [3.63, 3.8) is 0 Å². The number of aromatic nitrogens is 1. The van der Waals surface area contributed by atoms with Crippen LogP contribution >= 0.6 is 11.6 Å². The molecule has 0 aliphatic heterocycles. The molecule has 0 spiro atoms. The zero-order valence-electron chi connectivity index (χ0n) is 8.86. The van der Waals surface area contributed by atoms with E-state index in [1.807, 2.05) is 0 Å². The fourth-order valence-electron chi connectivity index (χ4n) is 1.51. The topological polar surface area (TPSA) is 30.0 Å². The van der Waals surface area contributed by atoms with Crippen LogP contribution < -0.4 is 0 Å². The third-order valence-corrected chi connectivity index (χ3v) is 2.75. The average molecular weight is 250 g/mol. The van der Waals surface area contributed by atoms with Crippen LogP contribution in [0.15, 0.2) is 42.7 Å². The molecule has 2 nitrogen and oxygen atoms in total. The minimum absolute atomic E-state index is 0.0416. The molecule has 0 aliphatic rings. The Kier molecular flexibility index (Phi) is 3.49. The van der Waals surface area contributed by atoms with Crippen molar-refractivity contribution >= 4 is 17.4 Å². The number of hydrogen-bond donors (Lipinski definition) is 0. The molecule has 0 N–H and O–H groups in total. The van der Waals surface area contributed by atoms with E-state index < -0.39 is 5.82 Å². The Labute approximate surface area is 103 Å². The van der Waals surface area contributed by atoms with E-state index in [1.165, 1.54) is 12.3 Å². The molecule has 17 heavy (non-hydrogen) atoms. The lowest BCUT2D eigenvalue weighted by Gasteiger charge is -2.04. The maximum atomic E-state index is 13.3. The Morgan fingerprint density at radius 3 is 2.76 bits per heavy atom. The summed E-state index contributed by atoms with van der Waals surface area (Å²) in [6.07, 6.45) is 2.50. The van der Waals surface area contributed by atoms with E-state index in [9.17, 15) is 9.18 Å². The van der Waals surface area contributed by atoms with Gasteiger partial charge in [0.15, 0.2) is 11.6 Å². The first-order valence-corrected chi connectivity index (χ1v) is 5.42. The quantitative estimate of drug-likeness (QED) is 0.782. The van der Waals surface area contributed by atoms with Gasteiger partial charge in [-0.25, -0.2) is 4.39 Å². The summed E-state index contributed by atoms with van der Waals surface area (Å²) >= 11 is 5.94. The second kappa shape index (κ2) is 5.06. The van der Waals surface area contributed by atoms with Gasteiger partial charge in [-0.2, -0.15) is 0 Å². The summed E-state index contributed by atoms with van der Waals surface area (Å²) in [5.41, 5.74) is 0.732. The highest BCUT2D eigenvalue weighted by Gasteiger charge is 2.13. The molecule has 1 heterocycles. The van der Waals surface area contributed by atoms with Gasteiger partial charge in [-0.15, -0.1) is 0 Å². The first-order valence-electron chi connectivity index (χ1n) is 5.04. The molecule has 1 aromatic heterocycles. The maximum Gasteiger partial charge on any atom is 0.170 e. The van der Waals surface area contributed by atoms with Gasteiger partial charge in [0.25, 0.3) is 0 Å². The molecule has 0 atom stereocenters. The van der Waals surface area contributed by atoms with Crippen molar-refractivity contribution in [2.45, 2.75) is 6.42 Å². The second-order valence-electron chi connectivity index (χ2n) is 3.55. The molecule has 86 valence electrons. The van der Waals surface area contributed by atoms with E-state index in [-0.39, 0.29) is 17.8 Å². The molecule has 0 saturated carbocycles. The molecule has 0 radical (unpaired) electrons. The van der Waals surface area contributed by atoms with Crippen LogP contribution in [0.5, 0.6) is 0 Å². The summed E-state index contributed by atoms with van der Waals surface area (Å²) in [4.78, 5) is 15.5. The Morgan fingerprint density at radius 2 is 2.06 bits per heavy atom. The number of rotatable bonds is 3. The van der Waals surface area contributed by atoms with E-state index in [4.69, 9.17) is 11.6 Å². The van der Waals surface area contributed by atoms with Crippen LogP contribution in [-0.4, -0.2) is 10.8 Å². The van der Waals surface area contributed by atoms with Crippen molar-refractivity contribution in [3.05, 3.63) is 64.7 Å². The van der Waals surface area contributed by atoms with Crippen LogP contribution in [0.1, 0.15) is 15.9 Å². The van der Waals surface area contributed by atoms with Crippen LogP contribution in [0.25, 0.3) is 0 Å². The van der Waals surface area contributed by atoms with Gasteiger partial charge in [-0.3, -0.25) is 9.78 Å². The largest absolute Gasteiger partial charge is 0.294 e. The molecule has 1 aromatic carbocycles. The predicted molar refractivity (Wildman–Crippen MR) is 63.7 cm³/mol. The van der Waals surface area contributed by atoms with Crippen molar-refractivity contribution in [2.75, 3.05) is 0 Å². The number of nitrogens with zero attached hydrogens (tertiary/aromatic N) is 1. The molecule has 0 aliphatic carbocycles. The van der Waals surface area contributed by atoms with E-state index >= 15 is 0 Å². The molecule has 0 saturated heterocycles. The molecule has 0 unspecified atom stereocenters. The highest BCUT2D eigenvalue weighted by molar-refractivity contribution is 6.31. The van der Waals surface area contributed by atoms with Crippen molar-refractivity contribution < 1.29 is 9.18 Å². The predicted octanol–water partition coefficient (Wildman–Crippen LogP) is 3.30. The third kappa shape index (κ3) is 2.68. The van der Waals surface area contributed by atoms with Crippen molar-refractivity contribution in [2.24, 2.45) is 0 Å². The van der Waals surface area contributed by atoms with Gasteiger partial charge in [0, 0.05) is 17.6 Å². The van der Waals surface area contributed by atoms with Gasteiger partial charge in [0.05, 0.1) is 11.8 Å². The van der Waals surface area contributed by atoms with Crippen LogP contribution in [-0.2, 0) is 6.42 Å². The SMILES string of the molecule is O=C(Cc1ccccc1Cl)c1ccncc1F. The van der Waals surface area contributed by atoms with Gasteiger partial charge in [0.2, 0.25) is 0 Å². The van der Waals surface area contributed by atoms with Gasteiger partial charge in [0.1, 0.15) is 0 Å². The van der Waals surface area contributed by atoms with E-state index in [2.05, 4.69) is 4.98 Å². The molecule has 0 bridgehead atoms. The zero-order valence-corrected chi connectivity index (χ0v) is 9.62. The van der Waals surface area contributed by atoms with Crippen LogP contribution in [0, 0.1) is 5.82 Å². The summed E-state index contributed by atoms with van der Waals surface area (Å²) < 4.78 is 13.3. The second-order valence-corrected chi connectivity index (χ2v) is 3.95. The lowest BCUT2D eigenvalue weighted by molar-refractivity contribution is 0.0989. The molecule has 0 amide bonds. The minimum Gasteiger partial charge on any atom is -0.294 e. The summed E-state index contributed by atoms with van der Waals surface area (Å²) in [5, 5.41) is 0.510. The lowest BCUT2D eigenvalue weighted by Crippen LogP contribution is -2.06. The summed E-state index contributed by atoms with van der Waals surface area (Å²) in [6, 6.07) is 8.39. The summed E-state index contributed by atoms with van der Waals surface area (Å²) in [5.74, 6) is -0.914. The van der Waals surface area contributed by atoms with Crippen molar-refractivity contribution in [3.8, 4) is 0 Å². The monoisotopic (exact) mass is 249 g/mol. The van der Waals surface area contributed by atoms with Gasteiger partial charge in [-0.1, -0.05) is 29.8 Å². The fraction of sp³-hybridized carbons (Fsp3) is 0.0769. The zero-order chi connectivity index (χ0) is 12.3. The number of benzene rings is 1. The maximum absolute atomic E-state index is 13.3. The number of carbonyl (C=O) groups excluding carboxylic acids is 1. The van der Waals surface area contributed by atoms with Crippen molar-refractivity contribution in [1.29, 1.82) is 0 Å². The Balaban J connectivity index is 2.24. The normalized spacial score (nSPS) is 10.2. The lowest BCUT2D eigenvalue weighted by atomic mass is 10.0. The Bertz CT molecular complexity index is 557. The van der Waals surface area contributed by atoms with Crippen LogP contribution in [0.3, 0.4) is 0 Å². The molecule has 2 rings (SSSR count). The number of carbonyl (C=O) groups is 1. The van der Waals surface area contributed by atoms with Crippen LogP contribution in [0.4, 0.5) is 4.39 Å². The van der Waals surface area contributed by atoms with E-state index in [0.717, 1.165) is 6.20 Å². The molecule has 2 aromatic rings. The highest BCUT2D eigenvalue weighted by atomic mass is 35.5. The molecular formula is C13H9ClFNO. The minimum atomic E-state index is -0.607. The number of hydrogen-bond acceptors (Lipinski definition) is 2. The van der Waals surface area contributed by atoms with Crippen LogP contribution in [0.2, 0.25) is 5.02 Å². The summed E-state index contributed by atoms with van der Waals surface area (Å²) in [7, 11) is 0.